The summed E-state index contributed by atoms with van der Waals surface area (Å²) in [6.45, 7) is 5.94. The van der Waals surface area contributed by atoms with Crippen LogP contribution in [-0.2, 0) is 0 Å². The predicted molar refractivity (Wildman–Crippen MR) is 65.2 cm³/mol. The Morgan fingerprint density at radius 3 is 2.47 bits per heavy atom. The Morgan fingerprint density at radius 2 is 1.94 bits per heavy atom. The number of rotatable bonds is 3. The standard InChI is InChI=1S/C14H17NO2/c1-14(2,3)17-13-8-10(9-15)4-7-12(13)16-11-5-6-11/h4,7-8,11H,5-6H2,1-3H3. The summed E-state index contributed by atoms with van der Waals surface area (Å²) in [5.41, 5.74) is 0.294. The molecule has 0 radical (unpaired) electrons. The minimum absolute atomic E-state index is 0.296. The second-order valence-electron chi connectivity index (χ2n) is 5.30. The van der Waals surface area contributed by atoms with Crippen molar-refractivity contribution in [1.82, 2.24) is 0 Å². The number of benzene rings is 1. The Balaban J connectivity index is 2.26. The van der Waals surface area contributed by atoms with Gasteiger partial charge in [-0.15, -0.1) is 0 Å². The van der Waals surface area contributed by atoms with E-state index in [9.17, 15) is 0 Å². The van der Waals surface area contributed by atoms with Gasteiger partial charge in [-0.05, 0) is 45.7 Å². The maximum Gasteiger partial charge on any atom is 0.163 e. The summed E-state index contributed by atoms with van der Waals surface area (Å²) in [5.74, 6) is 1.39. The second-order valence-corrected chi connectivity index (χ2v) is 5.30. The summed E-state index contributed by atoms with van der Waals surface area (Å²) in [6.07, 6.45) is 2.54. The Bertz CT molecular complexity index is 450. The second kappa shape index (κ2) is 4.29. The van der Waals surface area contributed by atoms with E-state index in [1.807, 2.05) is 26.8 Å². The first kappa shape index (κ1) is 11.8. The highest BCUT2D eigenvalue weighted by Gasteiger charge is 2.26. The van der Waals surface area contributed by atoms with Crippen LogP contribution in [0.2, 0.25) is 0 Å². The van der Waals surface area contributed by atoms with Crippen molar-refractivity contribution in [2.45, 2.75) is 45.3 Å². The van der Waals surface area contributed by atoms with Gasteiger partial charge in [0.25, 0.3) is 0 Å². The highest BCUT2D eigenvalue weighted by molar-refractivity contribution is 5.47. The quantitative estimate of drug-likeness (QED) is 0.801. The molecule has 0 spiro atoms. The molecule has 0 heterocycles. The van der Waals surface area contributed by atoms with Crippen molar-refractivity contribution >= 4 is 0 Å². The van der Waals surface area contributed by atoms with Crippen molar-refractivity contribution < 1.29 is 9.47 Å². The van der Waals surface area contributed by atoms with Crippen LogP contribution in [0.1, 0.15) is 39.2 Å². The lowest BCUT2D eigenvalue weighted by Gasteiger charge is -2.23. The maximum absolute atomic E-state index is 8.90. The third-order valence-corrected chi connectivity index (χ3v) is 2.31. The van der Waals surface area contributed by atoms with Gasteiger partial charge >= 0.3 is 0 Å². The molecule has 17 heavy (non-hydrogen) atoms. The molecule has 90 valence electrons. The summed E-state index contributed by atoms with van der Waals surface area (Å²) >= 11 is 0. The van der Waals surface area contributed by atoms with Gasteiger partial charge < -0.3 is 9.47 Å². The summed E-state index contributed by atoms with van der Waals surface area (Å²) in [5, 5.41) is 8.90. The fraction of sp³-hybridized carbons (Fsp3) is 0.500. The Morgan fingerprint density at radius 1 is 1.24 bits per heavy atom. The summed E-state index contributed by atoms with van der Waals surface area (Å²) < 4.78 is 11.6. The van der Waals surface area contributed by atoms with Crippen molar-refractivity contribution in [3.8, 4) is 17.6 Å². The predicted octanol–water partition coefficient (Wildman–Crippen LogP) is 3.28. The number of nitrogens with zero attached hydrogens (tertiary/aromatic N) is 1. The van der Waals surface area contributed by atoms with E-state index in [1.54, 1.807) is 12.1 Å². The van der Waals surface area contributed by atoms with E-state index in [4.69, 9.17) is 14.7 Å². The zero-order valence-corrected chi connectivity index (χ0v) is 10.5. The molecule has 3 nitrogen and oxygen atoms in total. The van der Waals surface area contributed by atoms with Crippen molar-refractivity contribution in [3.05, 3.63) is 23.8 Å². The van der Waals surface area contributed by atoms with Gasteiger partial charge in [0, 0.05) is 6.07 Å². The molecular weight excluding hydrogens is 214 g/mol. The van der Waals surface area contributed by atoms with Crippen molar-refractivity contribution in [3.63, 3.8) is 0 Å². The Kier molecular flexibility index (Phi) is 2.97. The normalized spacial score (nSPS) is 15.2. The molecule has 1 fully saturated rings. The number of nitriles is 1. The van der Waals surface area contributed by atoms with E-state index in [2.05, 4.69) is 6.07 Å². The van der Waals surface area contributed by atoms with Crippen LogP contribution in [0.4, 0.5) is 0 Å². The number of hydrogen-bond donors (Lipinski definition) is 0. The van der Waals surface area contributed by atoms with Gasteiger partial charge in [0.2, 0.25) is 0 Å². The van der Waals surface area contributed by atoms with Gasteiger partial charge in [0.15, 0.2) is 11.5 Å². The van der Waals surface area contributed by atoms with Gasteiger partial charge in [-0.3, -0.25) is 0 Å². The number of ether oxygens (including phenoxy) is 2. The molecule has 1 saturated carbocycles. The zero-order chi connectivity index (χ0) is 12.5. The van der Waals surface area contributed by atoms with Crippen LogP contribution in [0, 0.1) is 11.3 Å². The minimum atomic E-state index is -0.296. The van der Waals surface area contributed by atoms with E-state index < -0.39 is 0 Å². The number of hydrogen-bond acceptors (Lipinski definition) is 3. The Hall–Kier alpha value is -1.69. The molecule has 3 heteroatoms. The average molecular weight is 231 g/mol. The molecule has 1 aliphatic rings. The SMILES string of the molecule is CC(C)(C)Oc1cc(C#N)ccc1OC1CC1. The molecular formula is C14H17NO2. The molecule has 0 aromatic heterocycles. The summed E-state index contributed by atoms with van der Waals surface area (Å²) in [4.78, 5) is 0. The lowest BCUT2D eigenvalue weighted by Crippen LogP contribution is -2.23. The van der Waals surface area contributed by atoms with Gasteiger partial charge in [-0.2, -0.15) is 5.26 Å². The minimum Gasteiger partial charge on any atom is -0.487 e. The summed E-state index contributed by atoms with van der Waals surface area (Å²) in [6, 6.07) is 7.43. The molecule has 0 unspecified atom stereocenters. The van der Waals surface area contributed by atoms with Gasteiger partial charge in [-0.25, -0.2) is 0 Å². The molecule has 1 aromatic carbocycles. The smallest absolute Gasteiger partial charge is 0.163 e. The van der Waals surface area contributed by atoms with Crippen LogP contribution < -0.4 is 9.47 Å². The molecule has 0 bridgehead atoms. The lowest BCUT2D eigenvalue weighted by molar-refractivity contribution is 0.122. The molecule has 2 rings (SSSR count). The molecule has 0 N–H and O–H groups in total. The van der Waals surface area contributed by atoms with Crippen LogP contribution in [0.3, 0.4) is 0 Å². The van der Waals surface area contributed by atoms with Crippen LogP contribution in [0.5, 0.6) is 11.5 Å². The highest BCUT2D eigenvalue weighted by atomic mass is 16.5. The molecule has 1 aliphatic carbocycles. The fourth-order valence-corrected chi connectivity index (χ4v) is 1.45. The summed E-state index contributed by atoms with van der Waals surface area (Å²) in [7, 11) is 0. The van der Waals surface area contributed by atoms with Crippen LogP contribution >= 0.6 is 0 Å². The molecule has 1 aromatic rings. The lowest BCUT2D eigenvalue weighted by atomic mass is 10.1. The molecule has 0 atom stereocenters. The van der Waals surface area contributed by atoms with Crippen molar-refractivity contribution in [2.75, 3.05) is 0 Å². The van der Waals surface area contributed by atoms with E-state index in [0.29, 0.717) is 17.4 Å². The molecule has 0 aliphatic heterocycles. The molecule has 0 saturated heterocycles. The zero-order valence-electron chi connectivity index (χ0n) is 10.5. The first-order valence-electron chi connectivity index (χ1n) is 5.88. The van der Waals surface area contributed by atoms with E-state index >= 15 is 0 Å². The third kappa shape index (κ3) is 3.39. The third-order valence-electron chi connectivity index (χ3n) is 2.31. The topological polar surface area (TPSA) is 42.2 Å². The van der Waals surface area contributed by atoms with Crippen molar-refractivity contribution in [1.29, 1.82) is 5.26 Å². The first-order chi connectivity index (χ1) is 7.98. The Labute approximate surface area is 102 Å². The highest BCUT2D eigenvalue weighted by Crippen LogP contribution is 2.35. The first-order valence-corrected chi connectivity index (χ1v) is 5.88. The van der Waals surface area contributed by atoms with Gasteiger partial charge in [0.1, 0.15) is 5.60 Å². The average Bonchev–Trinajstić information content (AvgIpc) is 3.02. The fourth-order valence-electron chi connectivity index (χ4n) is 1.45. The van der Waals surface area contributed by atoms with Gasteiger partial charge in [-0.1, -0.05) is 0 Å². The largest absolute Gasteiger partial charge is 0.487 e. The van der Waals surface area contributed by atoms with Crippen LogP contribution in [0.25, 0.3) is 0 Å². The van der Waals surface area contributed by atoms with Gasteiger partial charge in [0.05, 0.1) is 17.7 Å². The van der Waals surface area contributed by atoms with E-state index in [1.165, 1.54) is 0 Å². The monoisotopic (exact) mass is 231 g/mol. The van der Waals surface area contributed by atoms with Crippen LogP contribution in [-0.4, -0.2) is 11.7 Å². The van der Waals surface area contributed by atoms with E-state index in [0.717, 1.165) is 18.6 Å². The molecule has 0 amide bonds. The van der Waals surface area contributed by atoms with Crippen LogP contribution in [0.15, 0.2) is 18.2 Å². The van der Waals surface area contributed by atoms with Crippen molar-refractivity contribution in [2.24, 2.45) is 0 Å². The van der Waals surface area contributed by atoms with E-state index in [-0.39, 0.29) is 5.60 Å². The maximum atomic E-state index is 8.90.